The van der Waals surface area contributed by atoms with E-state index in [-0.39, 0.29) is 0 Å². The van der Waals surface area contributed by atoms with Gasteiger partial charge in [-0.25, -0.2) is 0 Å². The maximum atomic E-state index is 6.21. The standard InChI is InChI=1S/C16H18ClNO/c17-15-7-8-16(14-6-2-1-5-13(14)15)19-11-12-4-3-9-18-10-12/h1-2,5-8,12,18H,3-4,9-11H2/t12-/m0/s1. The highest BCUT2D eigenvalue weighted by Crippen LogP contribution is 2.31. The lowest BCUT2D eigenvalue weighted by Crippen LogP contribution is -2.33. The molecule has 3 rings (SSSR count). The van der Waals surface area contributed by atoms with Crippen molar-refractivity contribution in [3.63, 3.8) is 0 Å². The quantitative estimate of drug-likeness (QED) is 0.918. The highest BCUT2D eigenvalue weighted by Gasteiger charge is 2.14. The molecule has 100 valence electrons. The molecule has 0 aliphatic carbocycles. The summed E-state index contributed by atoms with van der Waals surface area (Å²) in [6.07, 6.45) is 2.49. The molecule has 0 unspecified atom stereocenters. The van der Waals surface area contributed by atoms with Crippen LogP contribution in [0.3, 0.4) is 0 Å². The van der Waals surface area contributed by atoms with Crippen molar-refractivity contribution >= 4 is 22.4 Å². The van der Waals surface area contributed by atoms with Crippen LogP contribution < -0.4 is 10.1 Å². The third-order valence-electron chi connectivity index (χ3n) is 3.70. The summed E-state index contributed by atoms with van der Waals surface area (Å²) >= 11 is 6.21. The monoisotopic (exact) mass is 275 g/mol. The van der Waals surface area contributed by atoms with E-state index in [2.05, 4.69) is 11.4 Å². The van der Waals surface area contributed by atoms with E-state index in [1.165, 1.54) is 12.8 Å². The lowest BCUT2D eigenvalue weighted by atomic mass is 10.0. The summed E-state index contributed by atoms with van der Waals surface area (Å²) in [7, 11) is 0. The SMILES string of the molecule is Clc1ccc(OC[C@H]2CCCNC2)c2ccccc12. The molecule has 0 radical (unpaired) electrons. The Morgan fingerprint density at radius 2 is 2.00 bits per heavy atom. The fourth-order valence-electron chi connectivity index (χ4n) is 2.63. The Balaban J connectivity index is 1.79. The average molecular weight is 276 g/mol. The number of fused-ring (bicyclic) bond motifs is 1. The van der Waals surface area contributed by atoms with Crippen molar-refractivity contribution in [2.24, 2.45) is 5.92 Å². The fraction of sp³-hybridized carbons (Fsp3) is 0.375. The largest absolute Gasteiger partial charge is 0.493 e. The van der Waals surface area contributed by atoms with Gasteiger partial charge in [0.05, 0.1) is 6.61 Å². The summed E-state index contributed by atoms with van der Waals surface area (Å²) in [6, 6.07) is 12.0. The van der Waals surface area contributed by atoms with Crippen LogP contribution in [-0.4, -0.2) is 19.7 Å². The molecule has 0 saturated carbocycles. The molecule has 1 saturated heterocycles. The summed E-state index contributed by atoms with van der Waals surface area (Å²) in [4.78, 5) is 0. The van der Waals surface area contributed by atoms with Gasteiger partial charge in [0, 0.05) is 28.3 Å². The Labute approximate surface area is 118 Å². The van der Waals surface area contributed by atoms with Crippen LogP contribution in [0.15, 0.2) is 36.4 Å². The number of benzene rings is 2. The molecular formula is C16H18ClNO. The smallest absolute Gasteiger partial charge is 0.127 e. The third-order valence-corrected chi connectivity index (χ3v) is 4.03. The van der Waals surface area contributed by atoms with Crippen LogP contribution in [0.1, 0.15) is 12.8 Å². The topological polar surface area (TPSA) is 21.3 Å². The first-order chi connectivity index (χ1) is 9.34. The van der Waals surface area contributed by atoms with Gasteiger partial charge in [-0.1, -0.05) is 35.9 Å². The fourth-order valence-corrected chi connectivity index (χ4v) is 2.86. The van der Waals surface area contributed by atoms with E-state index in [0.717, 1.165) is 41.2 Å². The van der Waals surface area contributed by atoms with E-state index in [4.69, 9.17) is 16.3 Å². The van der Waals surface area contributed by atoms with Gasteiger partial charge in [-0.3, -0.25) is 0 Å². The number of hydrogen-bond acceptors (Lipinski definition) is 2. The zero-order valence-electron chi connectivity index (χ0n) is 10.9. The van der Waals surface area contributed by atoms with E-state index in [9.17, 15) is 0 Å². The van der Waals surface area contributed by atoms with E-state index in [0.29, 0.717) is 5.92 Å². The van der Waals surface area contributed by atoms with Crippen molar-refractivity contribution in [3.8, 4) is 5.75 Å². The zero-order chi connectivity index (χ0) is 13.1. The van der Waals surface area contributed by atoms with Crippen LogP contribution in [0.2, 0.25) is 5.02 Å². The number of nitrogens with one attached hydrogen (secondary N) is 1. The van der Waals surface area contributed by atoms with E-state index in [1.807, 2.05) is 30.3 Å². The first-order valence-corrected chi connectivity index (χ1v) is 7.23. The van der Waals surface area contributed by atoms with Gasteiger partial charge >= 0.3 is 0 Å². The molecule has 1 heterocycles. The van der Waals surface area contributed by atoms with Crippen LogP contribution >= 0.6 is 11.6 Å². The maximum absolute atomic E-state index is 6.21. The molecule has 1 fully saturated rings. The number of halogens is 1. The normalized spacial score (nSPS) is 19.5. The van der Waals surface area contributed by atoms with Crippen molar-refractivity contribution in [3.05, 3.63) is 41.4 Å². The summed E-state index contributed by atoms with van der Waals surface area (Å²) < 4.78 is 6.02. The Morgan fingerprint density at radius 1 is 1.16 bits per heavy atom. The third kappa shape index (κ3) is 2.85. The second-order valence-electron chi connectivity index (χ2n) is 5.11. The molecule has 0 bridgehead atoms. The summed E-state index contributed by atoms with van der Waals surface area (Å²) in [5.74, 6) is 1.55. The maximum Gasteiger partial charge on any atom is 0.127 e. The van der Waals surface area contributed by atoms with Crippen LogP contribution in [0, 0.1) is 5.92 Å². The van der Waals surface area contributed by atoms with Crippen LogP contribution in [0.4, 0.5) is 0 Å². The van der Waals surface area contributed by atoms with Gasteiger partial charge < -0.3 is 10.1 Å². The summed E-state index contributed by atoms with van der Waals surface area (Å²) in [5, 5.41) is 6.35. The number of hydrogen-bond donors (Lipinski definition) is 1. The molecule has 1 atom stereocenters. The van der Waals surface area contributed by atoms with Crippen LogP contribution in [-0.2, 0) is 0 Å². The Kier molecular flexibility index (Phi) is 3.90. The van der Waals surface area contributed by atoms with E-state index >= 15 is 0 Å². The van der Waals surface area contributed by atoms with Gasteiger partial charge in [-0.2, -0.15) is 0 Å². The molecule has 1 N–H and O–H groups in total. The molecule has 19 heavy (non-hydrogen) atoms. The predicted molar refractivity (Wildman–Crippen MR) is 80.0 cm³/mol. The van der Waals surface area contributed by atoms with Gasteiger partial charge in [0.1, 0.15) is 5.75 Å². The van der Waals surface area contributed by atoms with Gasteiger partial charge in [-0.15, -0.1) is 0 Å². The molecular weight excluding hydrogens is 258 g/mol. The molecule has 0 spiro atoms. The molecule has 2 nitrogen and oxygen atoms in total. The zero-order valence-corrected chi connectivity index (χ0v) is 11.6. The molecule has 1 aliphatic rings. The first kappa shape index (κ1) is 12.8. The van der Waals surface area contributed by atoms with Crippen molar-refractivity contribution in [2.75, 3.05) is 19.7 Å². The van der Waals surface area contributed by atoms with Gasteiger partial charge in [-0.05, 0) is 31.5 Å². The van der Waals surface area contributed by atoms with Crippen molar-refractivity contribution in [1.82, 2.24) is 5.32 Å². The lowest BCUT2D eigenvalue weighted by molar-refractivity contribution is 0.220. The number of ether oxygens (including phenoxy) is 1. The van der Waals surface area contributed by atoms with Crippen LogP contribution in [0.5, 0.6) is 5.75 Å². The average Bonchev–Trinajstić information content (AvgIpc) is 2.48. The highest BCUT2D eigenvalue weighted by molar-refractivity contribution is 6.35. The van der Waals surface area contributed by atoms with Gasteiger partial charge in [0.2, 0.25) is 0 Å². The minimum atomic E-state index is 0.614. The Hall–Kier alpha value is -1.25. The van der Waals surface area contributed by atoms with Crippen LogP contribution in [0.25, 0.3) is 10.8 Å². The summed E-state index contributed by atoms with van der Waals surface area (Å²) in [5.41, 5.74) is 0. The lowest BCUT2D eigenvalue weighted by Gasteiger charge is -2.23. The minimum absolute atomic E-state index is 0.614. The molecule has 3 heteroatoms. The van der Waals surface area contributed by atoms with Gasteiger partial charge in [0.25, 0.3) is 0 Å². The second-order valence-corrected chi connectivity index (χ2v) is 5.52. The van der Waals surface area contributed by atoms with Gasteiger partial charge in [0.15, 0.2) is 0 Å². The molecule has 0 amide bonds. The van der Waals surface area contributed by atoms with E-state index in [1.54, 1.807) is 0 Å². The predicted octanol–water partition coefficient (Wildman–Crippen LogP) is 3.87. The summed E-state index contributed by atoms with van der Waals surface area (Å²) in [6.45, 7) is 2.98. The van der Waals surface area contributed by atoms with Crippen molar-refractivity contribution in [1.29, 1.82) is 0 Å². The number of rotatable bonds is 3. The highest BCUT2D eigenvalue weighted by atomic mass is 35.5. The molecule has 0 aromatic heterocycles. The first-order valence-electron chi connectivity index (χ1n) is 6.85. The molecule has 2 aromatic rings. The Bertz CT molecular complexity index is 564. The number of piperidine rings is 1. The minimum Gasteiger partial charge on any atom is -0.493 e. The van der Waals surface area contributed by atoms with E-state index < -0.39 is 0 Å². The molecule has 1 aliphatic heterocycles. The second kappa shape index (κ2) is 5.81. The molecule has 2 aromatic carbocycles. The van der Waals surface area contributed by atoms with Crippen molar-refractivity contribution < 1.29 is 4.74 Å². The Morgan fingerprint density at radius 3 is 2.79 bits per heavy atom. The van der Waals surface area contributed by atoms with Crippen molar-refractivity contribution in [2.45, 2.75) is 12.8 Å².